The van der Waals surface area contributed by atoms with Crippen LogP contribution in [0.25, 0.3) is 0 Å². The van der Waals surface area contributed by atoms with Gasteiger partial charge in [-0.2, -0.15) is 4.72 Å². The number of carbonyl (C=O) groups is 1. The van der Waals surface area contributed by atoms with E-state index in [1.165, 1.54) is 20.8 Å². The van der Waals surface area contributed by atoms with Crippen LogP contribution in [0.4, 0.5) is 4.39 Å². The van der Waals surface area contributed by atoms with Crippen molar-refractivity contribution in [2.45, 2.75) is 31.7 Å². The van der Waals surface area contributed by atoms with Crippen molar-refractivity contribution < 1.29 is 22.7 Å². The van der Waals surface area contributed by atoms with E-state index in [1.54, 1.807) is 0 Å². The fourth-order valence-corrected chi connectivity index (χ4v) is 3.31. The van der Waals surface area contributed by atoms with Gasteiger partial charge in [0.25, 0.3) is 0 Å². The third kappa shape index (κ3) is 3.05. The summed E-state index contributed by atoms with van der Waals surface area (Å²) >= 11 is 0. The first-order valence-electron chi connectivity index (χ1n) is 5.17. The highest BCUT2D eigenvalue weighted by Crippen LogP contribution is 2.21. The number of halogens is 1. The topological polar surface area (TPSA) is 83.5 Å². The predicted molar refractivity (Wildman–Crippen MR) is 63.3 cm³/mol. The van der Waals surface area contributed by atoms with E-state index in [0.717, 1.165) is 12.1 Å². The van der Waals surface area contributed by atoms with E-state index >= 15 is 0 Å². The highest BCUT2D eigenvalue weighted by molar-refractivity contribution is 7.89. The number of sulfonamides is 1. The summed E-state index contributed by atoms with van der Waals surface area (Å²) in [5, 5.41) is 8.69. The van der Waals surface area contributed by atoms with E-state index in [1.807, 2.05) is 4.72 Å². The van der Waals surface area contributed by atoms with Gasteiger partial charge in [-0.25, -0.2) is 12.8 Å². The van der Waals surface area contributed by atoms with Crippen LogP contribution in [0.2, 0.25) is 0 Å². The lowest BCUT2D eigenvalue weighted by Crippen LogP contribution is -2.38. The highest BCUT2D eigenvalue weighted by Gasteiger charge is 2.25. The molecule has 1 aromatic rings. The summed E-state index contributed by atoms with van der Waals surface area (Å²) < 4.78 is 39.1. The summed E-state index contributed by atoms with van der Waals surface area (Å²) in [5.74, 6) is -1.81. The first-order valence-corrected chi connectivity index (χ1v) is 6.65. The molecular formula is C11H14FNO4S. The van der Waals surface area contributed by atoms with Crippen molar-refractivity contribution in [2.75, 3.05) is 0 Å². The second kappa shape index (κ2) is 5.03. The molecule has 100 valence electrons. The van der Waals surface area contributed by atoms with E-state index in [9.17, 15) is 17.6 Å². The molecule has 0 saturated carbocycles. The van der Waals surface area contributed by atoms with E-state index in [-0.39, 0.29) is 16.0 Å². The molecule has 0 aliphatic heterocycles. The van der Waals surface area contributed by atoms with Crippen LogP contribution in [0.5, 0.6) is 0 Å². The first kappa shape index (κ1) is 14.6. The van der Waals surface area contributed by atoms with Crippen LogP contribution in [0.15, 0.2) is 17.0 Å². The third-order valence-electron chi connectivity index (χ3n) is 2.40. The Bertz CT molecular complexity index is 560. The van der Waals surface area contributed by atoms with Crippen molar-refractivity contribution in [1.29, 1.82) is 0 Å². The summed E-state index contributed by atoms with van der Waals surface area (Å²) in [6.45, 7) is 4.13. The number of benzene rings is 1. The number of carboxylic acids is 1. The van der Waals surface area contributed by atoms with Gasteiger partial charge in [0.1, 0.15) is 11.9 Å². The molecule has 1 atom stereocenters. The van der Waals surface area contributed by atoms with Gasteiger partial charge in [-0.15, -0.1) is 0 Å². The number of carboxylic acid groups (broad SMARTS) is 1. The molecule has 0 saturated heterocycles. The molecule has 18 heavy (non-hydrogen) atoms. The minimum absolute atomic E-state index is 0.0861. The predicted octanol–water partition coefficient (Wildman–Crippen LogP) is 1.19. The van der Waals surface area contributed by atoms with E-state index in [4.69, 9.17) is 5.11 Å². The Hall–Kier alpha value is -1.47. The van der Waals surface area contributed by atoms with Gasteiger partial charge in [0.05, 0.1) is 4.90 Å². The van der Waals surface area contributed by atoms with Crippen LogP contribution in [-0.4, -0.2) is 25.5 Å². The van der Waals surface area contributed by atoms with Crippen LogP contribution in [0.1, 0.15) is 18.1 Å². The molecule has 7 heteroatoms. The van der Waals surface area contributed by atoms with Crippen LogP contribution < -0.4 is 4.72 Å². The minimum Gasteiger partial charge on any atom is -0.480 e. The molecule has 0 fully saturated rings. The number of aliphatic carboxylic acids is 1. The van der Waals surface area contributed by atoms with Gasteiger partial charge in [-0.1, -0.05) is 0 Å². The number of hydrogen-bond acceptors (Lipinski definition) is 3. The average Bonchev–Trinajstić information content (AvgIpc) is 2.13. The second-order valence-corrected chi connectivity index (χ2v) is 5.70. The fraction of sp³-hybridized carbons (Fsp3) is 0.364. The number of rotatable bonds is 4. The molecule has 1 aromatic carbocycles. The van der Waals surface area contributed by atoms with Crippen molar-refractivity contribution in [2.24, 2.45) is 0 Å². The maximum atomic E-state index is 13.1. The van der Waals surface area contributed by atoms with Gasteiger partial charge in [-0.3, -0.25) is 4.79 Å². The van der Waals surface area contributed by atoms with E-state index in [2.05, 4.69) is 0 Å². The molecule has 0 aromatic heterocycles. The van der Waals surface area contributed by atoms with Crippen molar-refractivity contribution in [3.8, 4) is 0 Å². The number of aryl methyl sites for hydroxylation is 2. The molecule has 0 unspecified atom stereocenters. The summed E-state index contributed by atoms with van der Waals surface area (Å²) in [5.41, 5.74) is 0.468. The lowest BCUT2D eigenvalue weighted by atomic mass is 10.1. The Morgan fingerprint density at radius 1 is 1.33 bits per heavy atom. The Morgan fingerprint density at radius 3 is 2.17 bits per heavy atom. The summed E-state index contributed by atoms with van der Waals surface area (Å²) in [6.07, 6.45) is 0. The zero-order chi connectivity index (χ0) is 14.1. The van der Waals surface area contributed by atoms with Crippen molar-refractivity contribution in [3.63, 3.8) is 0 Å². The Kier molecular flexibility index (Phi) is 4.08. The molecule has 0 radical (unpaired) electrons. The highest BCUT2D eigenvalue weighted by atomic mass is 32.2. The first-order chi connectivity index (χ1) is 8.15. The number of hydrogen-bond donors (Lipinski definition) is 2. The maximum Gasteiger partial charge on any atom is 0.321 e. The Morgan fingerprint density at radius 2 is 1.78 bits per heavy atom. The lowest BCUT2D eigenvalue weighted by Gasteiger charge is -2.14. The van der Waals surface area contributed by atoms with Crippen molar-refractivity contribution >= 4 is 16.0 Å². The molecule has 1 rings (SSSR count). The third-order valence-corrected chi connectivity index (χ3v) is 4.24. The van der Waals surface area contributed by atoms with Crippen molar-refractivity contribution in [3.05, 3.63) is 29.1 Å². The van der Waals surface area contributed by atoms with Gasteiger partial charge in [0.15, 0.2) is 0 Å². The summed E-state index contributed by atoms with van der Waals surface area (Å²) in [7, 11) is -3.98. The Labute approximate surface area is 105 Å². The molecule has 0 amide bonds. The molecular weight excluding hydrogens is 261 g/mol. The van der Waals surface area contributed by atoms with Crippen LogP contribution in [0.3, 0.4) is 0 Å². The summed E-state index contributed by atoms with van der Waals surface area (Å²) in [6, 6.07) is 0.929. The molecule has 5 nitrogen and oxygen atoms in total. The smallest absolute Gasteiger partial charge is 0.321 e. The zero-order valence-corrected chi connectivity index (χ0v) is 11.0. The monoisotopic (exact) mass is 275 g/mol. The van der Waals surface area contributed by atoms with Gasteiger partial charge in [0, 0.05) is 0 Å². The molecule has 0 aliphatic carbocycles. The SMILES string of the molecule is Cc1cc(F)cc(C)c1S(=O)(=O)N[C@H](C)C(=O)O. The normalized spacial score (nSPS) is 13.3. The van der Waals surface area contributed by atoms with Crippen LogP contribution >= 0.6 is 0 Å². The second-order valence-electron chi connectivity index (χ2n) is 4.05. The van der Waals surface area contributed by atoms with Gasteiger partial charge in [0.2, 0.25) is 10.0 Å². The van der Waals surface area contributed by atoms with Gasteiger partial charge in [-0.05, 0) is 44.0 Å². The van der Waals surface area contributed by atoms with Crippen molar-refractivity contribution in [1.82, 2.24) is 4.72 Å². The number of nitrogens with one attached hydrogen (secondary N) is 1. The fourth-order valence-electron chi connectivity index (χ4n) is 1.66. The van der Waals surface area contributed by atoms with E-state index < -0.39 is 27.9 Å². The standard InChI is InChI=1S/C11H14FNO4S/c1-6-4-9(12)5-7(2)10(6)18(16,17)13-8(3)11(14)15/h4-5,8,13H,1-3H3,(H,14,15)/t8-/m1/s1. The molecule has 0 aliphatic rings. The quantitative estimate of drug-likeness (QED) is 0.864. The average molecular weight is 275 g/mol. The van der Waals surface area contributed by atoms with Crippen LogP contribution in [-0.2, 0) is 14.8 Å². The molecule has 2 N–H and O–H groups in total. The summed E-state index contributed by atoms with van der Waals surface area (Å²) in [4.78, 5) is 10.6. The largest absolute Gasteiger partial charge is 0.480 e. The minimum atomic E-state index is -3.98. The van der Waals surface area contributed by atoms with Gasteiger partial charge >= 0.3 is 5.97 Å². The zero-order valence-electron chi connectivity index (χ0n) is 10.2. The molecule has 0 heterocycles. The van der Waals surface area contributed by atoms with Crippen LogP contribution in [0, 0.1) is 19.7 Å². The maximum absolute atomic E-state index is 13.1. The molecule has 0 spiro atoms. The Balaban J connectivity index is 3.25. The van der Waals surface area contributed by atoms with E-state index in [0.29, 0.717) is 0 Å². The van der Waals surface area contributed by atoms with Gasteiger partial charge < -0.3 is 5.11 Å². The molecule has 0 bridgehead atoms. The lowest BCUT2D eigenvalue weighted by molar-refractivity contribution is -0.138.